The Labute approximate surface area is 129 Å². The van der Waals surface area contributed by atoms with Crippen LogP contribution in [0, 0.1) is 6.92 Å². The van der Waals surface area contributed by atoms with Gasteiger partial charge in [0.1, 0.15) is 10.8 Å². The number of anilines is 1. The highest BCUT2D eigenvalue weighted by molar-refractivity contribution is 6.34. The zero-order valence-corrected chi connectivity index (χ0v) is 13.5. The highest BCUT2D eigenvalue weighted by Crippen LogP contribution is 2.25. The number of carbonyl (C=O) groups is 1. The fraction of sp³-hybridized carbons (Fsp3) is 0.538. The van der Waals surface area contributed by atoms with Gasteiger partial charge in [-0.3, -0.25) is 0 Å². The second kappa shape index (κ2) is 6.99. The number of amides is 1. The molecule has 0 aliphatic rings. The Morgan fingerprint density at radius 2 is 2.00 bits per heavy atom. The Hall–Kier alpha value is -1.20. The van der Waals surface area contributed by atoms with Crippen LogP contribution in [0.2, 0.25) is 10.3 Å². The molecule has 7 heteroatoms. The summed E-state index contributed by atoms with van der Waals surface area (Å²) in [5, 5.41) is 6.41. The van der Waals surface area contributed by atoms with Crippen LogP contribution in [0.25, 0.3) is 0 Å². The molecule has 1 rings (SSSR count). The SMILES string of the molecule is Cc1cc(Cl)nc(Cl)c1NCCNC(=O)OC(C)(C)C. The summed E-state index contributed by atoms with van der Waals surface area (Å²) < 4.78 is 5.12. The maximum Gasteiger partial charge on any atom is 0.407 e. The summed E-state index contributed by atoms with van der Waals surface area (Å²) in [6.45, 7) is 8.23. The van der Waals surface area contributed by atoms with E-state index in [1.54, 1.807) is 6.07 Å². The highest BCUT2D eigenvalue weighted by atomic mass is 35.5. The van der Waals surface area contributed by atoms with Gasteiger partial charge >= 0.3 is 6.09 Å². The van der Waals surface area contributed by atoms with Crippen molar-refractivity contribution in [1.29, 1.82) is 0 Å². The minimum atomic E-state index is -0.502. The standard InChI is InChI=1S/C13H19Cl2N3O2/c1-8-7-9(14)18-11(15)10(8)16-5-6-17-12(19)20-13(2,3)4/h7,16H,5-6H2,1-4H3,(H,17,19). The van der Waals surface area contributed by atoms with Gasteiger partial charge in [0.25, 0.3) is 0 Å². The van der Waals surface area contributed by atoms with Crippen molar-refractivity contribution in [2.75, 3.05) is 18.4 Å². The molecular formula is C13H19Cl2N3O2. The Bertz CT molecular complexity index is 464. The lowest BCUT2D eigenvalue weighted by Crippen LogP contribution is -2.35. The molecule has 1 heterocycles. The van der Waals surface area contributed by atoms with Crippen LogP contribution in [0.5, 0.6) is 0 Å². The van der Waals surface area contributed by atoms with E-state index in [2.05, 4.69) is 15.6 Å². The number of alkyl carbamates (subject to hydrolysis) is 1. The van der Waals surface area contributed by atoms with E-state index in [9.17, 15) is 4.79 Å². The van der Waals surface area contributed by atoms with E-state index in [1.807, 2.05) is 27.7 Å². The van der Waals surface area contributed by atoms with Crippen LogP contribution in [-0.4, -0.2) is 29.8 Å². The number of aryl methyl sites for hydroxylation is 1. The largest absolute Gasteiger partial charge is 0.444 e. The van der Waals surface area contributed by atoms with Gasteiger partial charge in [-0.05, 0) is 39.3 Å². The summed E-state index contributed by atoms with van der Waals surface area (Å²) in [7, 11) is 0. The Morgan fingerprint density at radius 3 is 2.55 bits per heavy atom. The first-order chi connectivity index (χ1) is 9.19. The molecule has 5 nitrogen and oxygen atoms in total. The molecule has 2 N–H and O–H groups in total. The average Bonchev–Trinajstić information content (AvgIpc) is 2.23. The molecule has 112 valence electrons. The summed E-state index contributed by atoms with van der Waals surface area (Å²) in [4.78, 5) is 15.4. The summed E-state index contributed by atoms with van der Waals surface area (Å²) >= 11 is 11.8. The summed E-state index contributed by atoms with van der Waals surface area (Å²) in [5.41, 5.74) is 1.10. The molecule has 0 fully saturated rings. The van der Waals surface area contributed by atoms with E-state index in [1.165, 1.54) is 0 Å². The van der Waals surface area contributed by atoms with Crippen LogP contribution in [0.4, 0.5) is 10.5 Å². The van der Waals surface area contributed by atoms with Crippen molar-refractivity contribution in [3.05, 3.63) is 21.9 Å². The van der Waals surface area contributed by atoms with E-state index < -0.39 is 11.7 Å². The topological polar surface area (TPSA) is 63.2 Å². The van der Waals surface area contributed by atoms with Crippen LogP contribution < -0.4 is 10.6 Å². The Balaban J connectivity index is 2.41. The number of hydrogen-bond acceptors (Lipinski definition) is 4. The van der Waals surface area contributed by atoms with E-state index in [-0.39, 0.29) is 0 Å². The maximum absolute atomic E-state index is 11.4. The zero-order valence-electron chi connectivity index (χ0n) is 12.0. The van der Waals surface area contributed by atoms with Crippen molar-refractivity contribution in [3.63, 3.8) is 0 Å². The molecule has 20 heavy (non-hydrogen) atoms. The second-order valence-electron chi connectivity index (χ2n) is 5.28. The Kier molecular flexibility index (Phi) is 5.89. The van der Waals surface area contributed by atoms with Crippen LogP contribution in [-0.2, 0) is 4.74 Å². The quantitative estimate of drug-likeness (QED) is 0.657. The maximum atomic E-state index is 11.4. The van der Waals surface area contributed by atoms with Gasteiger partial charge < -0.3 is 15.4 Å². The molecule has 0 saturated carbocycles. The monoisotopic (exact) mass is 319 g/mol. The molecule has 1 aromatic rings. The molecular weight excluding hydrogens is 301 g/mol. The molecule has 0 unspecified atom stereocenters. The predicted molar refractivity (Wildman–Crippen MR) is 81.7 cm³/mol. The van der Waals surface area contributed by atoms with Gasteiger partial charge in [0.15, 0.2) is 5.15 Å². The van der Waals surface area contributed by atoms with E-state index in [0.29, 0.717) is 29.1 Å². The van der Waals surface area contributed by atoms with Crippen molar-refractivity contribution in [2.45, 2.75) is 33.3 Å². The third kappa shape index (κ3) is 5.84. The van der Waals surface area contributed by atoms with Crippen LogP contribution >= 0.6 is 23.2 Å². The fourth-order valence-electron chi connectivity index (χ4n) is 1.47. The van der Waals surface area contributed by atoms with Gasteiger partial charge in [0, 0.05) is 13.1 Å². The molecule has 0 saturated heterocycles. The van der Waals surface area contributed by atoms with Gasteiger partial charge in [0.2, 0.25) is 0 Å². The normalized spacial score (nSPS) is 11.1. The number of hydrogen-bond donors (Lipinski definition) is 2. The third-order valence-electron chi connectivity index (χ3n) is 2.24. The second-order valence-corrected chi connectivity index (χ2v) is 6.03. The summed E-state index contributed by atoms with van der Waals surface area (Å²) in [6.07, 6.45) is -0.448. The summed E-state index contributed by atoms with van der Waals surface area (Å²) in [5.74, 6) is 0. The molecule has 1 aromatic heterocycles. The predicted octanol–water partition coefficient (Wildman–Crippen LogP) is 3.63. The van der Waals surface area contributed by atoms with Gasteiger partial charge in [-0.15, -0.1) is 0 Å². The van der Waals surface area contributed by atoms with Crippen LogP contribution in [0.3, 0.4) is 0 Å². The number of rotatable bonds is 4. The van der Waals surface area contributed by atoms with Gasteiger partial charge in [-0.1, -0.05) is 23.2 Å². The van der Waals surface area contributed by atoms with Gasteiger partial charge in [0.05, 0.1) is 5.69 Å². The zero-order chi connectivity index (χ0) is 15.3. The molecule has 0 bridgehead atoms. The molecule has 0 spiro atoms. The van der Waals surface area contributed by atoms with Crippen molar-refractivity contribution >= 4 is 35.0 Å². The molecule has 1 amide bonds. The fourth-order valence-corrected chi connectivity index (χ4v) is 2.07. The lowest BCUT2D eigenvalue weighted by atomic mass is 10.2. The van der Waals surface area contributed by atoms with Crippen LogP contribution in [0.15, 0.2) is 6.07 Å². The molecule has 0 aliphatic heterocycles. The smallest absolute Gasteiger partial charge is 0.407 e. The van der Waals surface area contributed by atoms with Crippen molar-refractivity contribution in [3.8, 4) is 0 Å². The Morgan fingerprint density at radius 1 is 1.35 bits per heavy atom. The first-order valence-corrected chi connectivity index (χ1v) is 6.98. The number of aromatic nitrogens is 1. The first-order valence-electron chi connectivity index (χ1n) is 6.22. The minimum absolute atomic E-state index is 0.312. The lowest BCUT2D eigenvalue weighted by Gasteiger charge is -2.19. The average molecular weight is 320 g/mol. The third-order valence-corrected chi connectivity index (χ3v) is 2.70. The molecule has 0 aromatic carbocycles. The minimum Gasteiger partial charge on any atom is -0.444 e. The molecule has 0 aliphatic carbocycles. The number of nitrogens with one attached hydrogen (secondary N) is 2. The number of halogens is 2. The van der Waals surface area contributed by atoms with Gasteiger partial charge in [-0.25, -0.2) is 9.78 Å². The number of carbonyl (C=O) groups excluding carboxylic acids is 1. The summed E-state index contributed by atoms with van der Waals surface area (Å²) in [6, 6.07) is 1.72. The van der Waals surface area contributed by atoms with E-state index >= 15 is 0 Å². The van der Waals surface area contributed by atoms with Crippen molar-refractivity contribution in [2.24, 2.45) is 0 Å². The molecule has 0 atom stereocenters. The number of ether oxygens (including phenoxy) is 1. The molecule has 0 radical (unpaired) electrons. The van der Waals surface area contributed by atoms with E-state index in [4.69, 9.17) is 27.9 Å². The van der Waals surface area contributed by atoms with E-state index in [0.717, 1.165) is 5.56 Å². The lowest BCUT2D eigenvalue weighted by molar-refractivity contribution is 0.0530. The van der Waals surface area contributed by atoms with Gasteiger partial charge in [-0.2, -0.15) is 0 Å². The highest BCUT2D eigenvalue weighted by Gasteiger charge is 2.15. The van der Waals surface area contributed by atoms with Crippen LogP contribution in [0.1, 0.15) is 26.3 Å². The van der Waals surface area contributed by atoms with Crippen molar-refractivity contribution in [1.82, 2.24) is 10.3 Å². The number of nitrogens with zero attached hydrogens (tertiary/aromatic N) is 1. The van der Waals surface area contributed by atoms with Crippen molar-refractivity contribution < 1.29 is 9.53 Å². The first kappa shape index (κ1) is 16.9. The number of pyridine rings is 1.